The van der Waals surface area contributed by atoms with Crippen LogP contribution in [-0.2, 0) is 0 Å². The van der Waals surface area contributed by atoms with Crippen LogP contribution in [0.1, 0.15) is 49.0 Å². The summed E-state index contributed by atoms with van der Waals surface area (Å²) in [4.78, 5) is 12.5. The van der Waals surface area contributed by atoms with Crippen molar-refractivity contribution in [3.05, 3.63) is 58.6 Å². The number of carbonyl (C=O) groups excluding carboxylic acids is 1. The van der Waals surface area contributed by atoms with Gasteiger partial charge < -0.3 is 10.1 Å². The van der Waals surface area contributed by atoms with Crippen LogP contribution in [0.5, 0.6) is 5.75 Å². The molecule has 0 heterocycles. The predicted molar refractivity (Wildman–Crippen MR) is 95.7 cm³/mol. The van der Waals surface area contributed by atoms with Gasteiger partial charge in [-0.1, -0.05) is 43.6 Å². The molecule has 122 valence electrons. The molecule has 1 N–H and O–H groups in total. The van der Waals surface area contributed by atoms with Crippen molar-refractivity contribution in [3.63, 3.8) is 0 Å². The van der Waals surface area contributed by atoms with Gasteiger partial charge in [-0.05, 0) is 49.1 Å². The number of ether oxygens (including phenoxy) is 1. The summed E-state index contributed by atoms with van der Waals surface area (Å²) in [6.45, 7) is 6.71. The Morgan fingerprint density at radius 1 is 1.22 bits per heavy atom. The first kappa shape index (κ1) is 17.4. The molecule has 0 spiro atoms. The fraction of sp³-hybridized carbons (Fsp3) is 0.316. The molecule has 2 aromatic rings. The summed E-state index contributed by atoms with van der Waals surface area (Å²) in [5.74, 6) is 0.798. The largest absolute Gasteiger partial charge is 0.492 e. The number of benzene rings is 2. The molecule has 2 rings (SSSR count). The van der Waals surface area contributed by atoms with Crippen LogP contribution in [-0.4, -0.2) is 12.5 Å². The van der Waals surface area contributed by atoms with Crippen molar-refractivity contribution in [2.45, 2.75) is 33.1 Å². The molecule has 0 aliphatic heterocycles. The van der Waals surface area contributed by atoms with E-state index in [-0.39, 0.29) is 5.91 Å². The Morgan fingerprint density at radius 2 is 1.96 bits per heavy atom. The fourth-order valence-electron chi connectivity index (χ4n) is 2.37. The van der Waals surface area contributed by atoms with Crippen molar-refractivity contribution in [1.29, 1.82) is 0 Å². The molecule has 4 heteroatoms. The number of anilines is 1. The number of hydrogen-bond donors (Lipinski definition) is 1. The minimum Gasteiger partial charge on any atom is -0.492 e. The first-order chi connectivity index (χ1) is 11.1. The normalized spacial score (nSPS) is 11.8. The molecule has 0 aliphatic rings. The Balaban J connectivity index is 2.21. The third-order valence-corrected chi connectivity index (χ3v) is 4.14. The van der Waals surface area contributed by atoms with E-state index in [1.807, 2.05) is 25.1 Å². The third kappa shape index (κ3) is 4.26. The maximum Gasteiger partial charge on any atom is 0.255 e. The summed E-state index contributed by atoms with van der Waals surface area (Å²) in [6, 6.07) is 13.0. The van der Waals surface area contributed by atoms with E-state index >= 15 is 0 Å². The van der Waals surface area contributed by atoms with Gasteiger partial charge in [0.1, 0.15) is 5.75 Å². The fourth-order valence-corrected chi connectivity index (χ4v) is 2.60. The molecule has 0 unspecified atom stereocenters. The second-order valence-corrected chi connectivity index (χ2v) is 5.84. The molecule has 0 fully saturated rings. The van der Waals surface area contributed by atoms with Gasteiger partial charge >= 0.3 is 0 Å². The van der Waals surface area contributed by atoms with Crippen molar-refractivity contribution in [3.8, 4) is 5.75 Å². The van der Waals surface area contributed by atoms with Gasteiger partial charge in [0.05, 0.1) is 11.6 Å². The summed E-state index contributed by atoms with van der Waals surface area (Å²) in [5, 5.41) is 3.42. The van der Waals surface area contributed by atoms with E-state index < -0.39 is 0 Å². The topological polar surface area (TPSA) is 38.3 Å². The lowest BCUT2D eigenvalue weighted by Gasteiger charge is -2.16. The van der Waals surface area contributed by atoms with Crippen LogP contribution in [0.2, 0.25) is 5.02 Å². The van der Waals surface area contributed by atoms with E-state index in [2.05, 4.69) is 25.2 Å². The molecule has 3 nitrogen and oxygen atoms in total. The molecular formula is C19H22ClNO2. The van der Waals surface area contributed by atoms with Crippen molar-refractivity contribution in [2.75, 3.05) is 11.9 Å². The molecule has 0 radical (unpaired) electrons. The Kier molecular flexibility index (Phi) is 6.05. The van der Waals surface area contributed by atoms with E-state index in [0.29, 0.717) is 28.9 Å². The summed E-state index contributed by atoms with van der Waals surface area (Å²) in [5.41, 5.74) is 2.50. The van der Waals surface area contributed by atoms with Crippen LogP contribution in [0.25, 0.3) is 0 Å². The molecule has 0 saturated heterocycles. The molecule has 0 aliphatic carbocycles. The van der Waals surface area contributed by atoms with Crippen molar-refractivity contribution >= 4 is 23.2 Å². The standard InChI is InChI=1S/C19H22ClNO2/c1-4-13(3)15-8-6-7-9-17(15)21-19(22)14-10-11-18(23-5-2)16(20)12-14/h6-13H,4-5H2,1-3H3,(H,21,22)/t13-/m1/s1. The molecule has 0 saturated carbocycles. The smallest absolute Gasteiger partial charge is 0.255 e. The monoisotopic (exact) mass is 331 g/mol. The van der Waals surface area contributed by atoms with E-state index in [4.69, 9.17) is 16.3 Å². The minimum absolute atomic E-state index is 0.175. The maximum absolute atomic E-state index is 12.5. The summed E-state index contributed by atoms with van der Waals surface area (Å²) in [6.07, 6.45) is 1.02. The lowest BCUT2D eigenvalue weighted by molar-refractivity contribution is 0.102. The zero-order chi connectivity index (χ0) is 16.8. The predicted octanol–water partition coefficient (Wildman–Crippen LogP) is 5.50. The highest BCUT2D eigenvalue weighted by Crippen LogP contribution is 2.28. The van der Waals surface area contributed by atoms with Gasteiger partial charge in [-0.15, -0.1) is 0 Å². The highest BCUT2D eigenvalue weighted by molar-refractivity contribution is 6.32. The van der Waals surface area contributed by atoms with Crippen molar-refractivity contribution in [2.24, 2.45) is 0 Å². The average molecular weight is 332 g/mol. The zero-order valence-corrected chi connectivity index (χ0v) is 14.5. The maximum atomic E-state index is 12.5. The SMILES string of the molecule is CCOc1ccc(C(=O)Nc2ccccc2[C@H](C)CC)cc1Cl. The molecule has 0 bridgehead atoms. The quantitative estimate of drug-likeness (QED) is 0.758. The van der Waals surface area contributed by atoms with E-state index in [0.717, 1.165) is 17.7 Å². The molecule has 2 aromatic carbocycles. The average Bonchev–Trinajstić information content (AvgIpc) is 2.56. The molecular weight excluding hydrogens is 310 g/mol. The highest BCUT2D eigenvalue weighted by atomic mass is 35.5. The number of hydrogen-bond acceptors (Lipinski definition) is 2. The van der Waals surface area contributed by atoms with Crippen LogP contribution >= 0.6 is 11.6 Å². The molecule has 0 aromatic heterocycles. The molecule has 1 amide bonds. The lowest BCUT2D eigenvalue weighted by Crippen LogP contribution is -2.14. The number of nitrogens with one attached hydrogen (secondary N) is 1. The van der Waals surface area contributed by atoms with Gasteiger partial charge in [-0.3, -0.25) is 4.79 Å². The van der Waals surface area contributed by atoms with Gasteiger partial charge in [0.2, 0.25) is 0 Å². The minimum atomic E-state index is -0.175. The first-order valence-corrected chi connectivity index (χ1v) is 8.27. The zero-order valence-electron chi connectivity index (χ0n) is 13.7. The van der Waals surface area contributed by atoms with E-state index in [1.165, 1.54) is 0 Å². The number of para-hydroxylation sites is 1. The first-order valence-electron chi connectivity index (χ1n) is 7.89. The highest BCUT2D eigenvalue weighted by Gasteiger charge is 2.13. The Labute approximate surface area is 142 Å². The summed E-state index contributed by atoms with van der Waals surface area (Å²) < 4.78 is 5.39. The van der Waals surface area contributed by atoms with Gasteiger partial charge in [-0.25, -0.2) is 0 Å². The van der Waals surface area contributed by atoms with Crippen LogP contribution in [0, 0.1) is 0 Å². The number of amides is 1. The van der Waals surface area contributed by atoms with Crippen LogP contribution in [0.4, 0.5) is 5.69 Å². The summed E-state index contributed by atoms with van der Waals surface area (Å²) >= 11 is 6.15. The second-order valence-electron chi connectivity index (χ2n) is 5.43. The van der Waals surface area contributed by atoms with E-state index in [9.17, 15) is 4.79 Å². The molecule has 1 atom stereocenters. The Morgan fingerprint density at radius 3 is 2.61 bits per heavy atom. The van der Waals surface area contributed by atoms with Gasteiger partial charge in [0.15, 0.2) is 0 Å². The number of halogens is 1. The summed E-state index contributed by atoms with van der Waals surface area (Å²) in [7, 11) is 0. The number of rotatable bonds is 6. The van der Waals surface area contributed by atoms with Crippen molar-refractivity contribution < 1.29 is 9.53 Å². The molecule has 23 heavy (non-hydrogen) atoms. The van der Waals surface area contributed by atoms with Crippen molar-refractivity contribution in [1.82, 2.24) is 0 Å². The Hall–Kier alpha value is -2.00. The van der Waals surface area contributed by atoms with Gasteiger partial charge in [-0.2, -0.15) is 0 Å². The van der Waals surface area contributed by atoms with Crippen LogP contribution < -0.4 is 10.1 Å². The van der Waals surface area contributed by atoms with E-state index in [1.54, 1.807) is 18.2 Å². The lowest BCUT2D eigenvalue weighted by atomic mass is 9.97. The van der Waals surface area contributed by atoms with Gasteiger partial charge in [0, 0.05) is 11.3 Å². The second kappa shape index (κ2) is 8.02. The van der Waals surface area contributed by atoms with Crippen LogP contribution in [0.3, 0.4) is 0 Å². The Bertz CT molecular complexity index is 685. The van der Waals surface area contributed by atoms with Crippen LogP contribution in [0.15, 0.2) is 42.5 Å². The van der Waals surface area contributed by atoms with Gasteiger partial charge in [0.25, 0.3) is 5.91 Å². The third-order valence-electron chi connectivity index (χ3n) is 3.85. The number of carbonyl (C=O) groups is 1.